The molecule has 0 bridgehead atoms. The minimum Gasteiger partial charge on any atom is -0.405 e. The van der Waals surface area contributed by atoms with E-state index in [1.54, 1.807) is 6.20 Å². The van der Waals surface area contributed by atoms with E-state index in [1.807, 2.05) is 17.5 Å². The average molecular weight is 477 g/mol. The number of pyridine rings is 1. The first-order valence-corrected chi connectivity index (χ1v) is 11.3. The minimum atomic E-state index is -4.82. The van der Waals surface area contributed by atoms with Gasteiger partial charge in [0.25, 0.3) is 0 Å². The van der Waals surface area contributed by atoms with Crippen molar-refractivity contribution >= 4 is 22.9 Å². The van der Waals surface area contributed by atoms with E-state index in [-0.39, 0.29) is 23.5 Å². The highest BCUT2D eigenvalue weighted by molar-refractivity contribution is 7.10. The minimum absolute atomic E-state index is 0.115. The number of carbonyl (C=O) groups excluding carboxylic acids is 1. The Balaban J connectivity index is 1.52. The van der Waals surface area contributed by atoms with Crippen molar-refractivity contribution < 1.29 is 22.7 Å². The van der Waals surface area contributed by atoms with Gasteiger partial charge in [-0.2, -0.15) is 0 Å². The molecule has 0 spiro atoms. The standard InChI is InChI=1S/C23H23F3N4O2S/c1-15(31)16-3-5-20(32-23(24,25)26)18(11-16)12-22-28-19(14-33-22)17-4-6-21(27-13-17)30-9-7-29(2)8-10-30/h3-6,11,13-14H,7-10,12H2,1-2H3. The molecule has 33 heavy (non-hydrogen) atoms. The molecule has 0 N–H and O–H groups in total. The molecule has 2 aromatic heterocycles. The van der Waals surface area contributed by atoms with Crippen molar-refractivity contribution in [1.29, 1.82) is 0 Å². The second-order valence-electron chi connectivity index (χ2n) is 7.93. The van der Waals surface area contributed by atoms with Crippen LogP contribution in [0.3, 0.4) is 0 Å². The van der Waals surface area contributed by atoms with Crippen molar-refractivity contribution in [2.45, 2.75) is 19.7 Å². The Hall–Kier alpha value is -2.98. The molecule has 1 saturated heterocycles. The fraction of sp³-hybridized carbons (Fsp3) is 0.348. The van der Waals surface area contributed by atoms with E-state index in [2.05, 4.69) is 31.6 Å². The number of nitrogens with zero attached hydrogens (tertiary/aromatic N) is 4. The first kappa shape index (κ1) is 23.2. The molecule has 1 aliphatic rings. The lowest BCUT2D eigenvalue weighted by Crippen LogP contribution is -2.44. The lowest BCUT2D eigenvalue weighted by atomic mass is 10.0. The highest BCUT2D eigenvalue weighted by Gasteiger charge is 2.32. The van der Waals surface area contributed by atoms with Gasteiger partial charge in [0.05, 0.1) is 10.7 Å². The maximum Gasteiger partial charge on any atom is 0.573 e. The zero-order chi connectivity index (χ0) is 23.6. The SMILES string of the molecule is CC(=O)c1ccc(OC(F)(F)F)c(Cc2nc(-c3ccc(N4CCN(C)CC4)nc3)cs2)c1. The molecule has 0 atom stereocenters. The summed E-state index contributed by atoms with van der Waals surface area (Å²) in [5, 5.41) is 2.46. The van der Waals surface area contributed by atoms with E-state index in [9.17, 15) is 18.0 Å². The Bertz CT molecular complexity index is 1120. The van der Waals surface area contributed by atoms with Crippen LogP contribution in [0.25, 0.3) is 11.3 Å². The van der Waals surface area contributed by atoms with Crippen LogP contribution in [0.5, 0.6) is 5.75 Å². The molecule has 0 aliphatic carbocycles. The van der Waals surface area contributed by atoms with Gasteiger partial charge in [-0.15, -0.1) is 24.5 Å². The topological polar surface area (TPSA) is 58.6 Å². The number of aromatic nitrogens is 2. The van der Waals surface area contributed by atoms with Crippen LogP contribution >= 0.6 is 11.3 Å². The zero-order valence-corrected chi connectivity index (χ0v) is 19.0. The first-order chi connectivity index (χ1) is 15.7. The maximum absolute atomic E-state index is 12.8. The lowest BCUT2D eigenvalue weighted by molar-refractivity contribution is -0.274. The summed E-state index contributed by atoms with van der Waals surface area (Å²) in [4.78, 5) is 25.4. The van der Waals surface area contributed by atoms with E-state index in [0.717, 1.165) is 37.6 Å². The number of hydrogen-bond donors (Lipinski definition) is 0. The van der Waals surface area contributed by atoms with E-state index in [1.165, 1.54) is 36.5 Å². The van der Waals surface area contributed by atoms with Crippen LogP contribution in [0, 0.1) is 0 Å². The largest absolute Gasteiger partial charge is 0.573 e. The predicted molar refractivity (Wildman–Crippen MR) is 121 cm³/mol. The highest BCUT2D eigenvalue weighted by atomic mass is 32.1. The van der Waals surface area contributed by atoms with Crippen LogP contribution in [-0.2, 0) is 6.42 Å². The Morgan fingerprint density at radius 2 is 1.91 bits per heavy atom. The number of halogens is 3. The van der Waals surface area contributed by atoms with Gasteiger partial charge in [-0.25, -0.2) is 9.97 Å². The van der Waals surface area contributed by atoms with Gasteiger partial charge in [-0.3, -0.25) is 4.79 Å². The maximum atomic E-state index is 12.8. The normalized spacial score (nSPS) is 15.0. The molecular weight excluding hydrogens is 453 g/mol. The molecule has 0 radical (unpaired) electrons. The third kappa shape index (κ3) is 5.88. The van der Waals surface area contributed by atoms with Crippen LogP contribution < -0.4 is 9.64 Å². The number of anilines is 1. The Morgan fingerprint density at radius 1 is 1.15 bits per heavy atom. The summed E-state index contributed by atoms with van der Waals surface area (Å²) < 4.78 is 42.6. The number of benzene rings is 1. The molecule has 1 aromatic carbocycles. The highest BCUT2D eigenvalue weighted by Crippen LogP contribution is 2.31. The van der Waals surface area contributed by atoms with Crippen LogP contribution in [-0.4, -0.2) is 60.2 Å². The van der Waals surface area contributed by atoms with Gasteiger partial charge in [0.15, 0.2) is 5.78 Å². The molecule has 10 heteroatoms. The number of likely N-dealkylation sites (N-methyl/N-ethyl adjacent to an activating group) is 1. The fourth-order valence-electron chi connectivity index (χ4n) is 3.61. The summed E-state index contributed by atoms with van der Waals surface area (Å²) >= 11 is 1.34. The van der Waals surface area contributed by atoms with E-state index >= 15 is 0 Å². The quantitative estimate of drug-likeness (QED) is 0.483. The molecule has 0 unspecified atom stereocenters. The summed E-state index contributed by atoms with van der Waals surface area (Å²) in [5.41, 5.74) is 2.11. The molecule has 4 rings (SSSR count). The van der Waals surface area contributed by atoms with E-state index in [4.69, 9.17) is 0 Å². The number of carbonyl (C=O) groups is 1. The fourth-order valence-corrected chi connectivity index (χ4v) is 4.43. The van der Waals surface area contributed by atoms with Crippen molar-refractivity contribution in [2.24, 2.45) is 0 Å². The van der Waals surface area contributed by atoms with E-state index in [0.29, 0.717) is 16.3 Å². The summed E-state index contributed by atoms with van der Waals surface area (Å²) in [5.74, 6) is 0.348. The number of rotatable bonds is 6. The number of Topliss-reactive ketones (excluding diaryl/α,β-unsaturated/α-hetero) is 1. The van der Waals surface area contributed by atoms with Gasteiger partial charge in [-0.1, -0.05) is 0 Å². The van der Waals surface area contributed by atoms with Crippen LogP contribution in [0.2, 0.25) is 0 Å². The number of ketones is 1. The number of thiazole rings is 1. The van der Waals surface area contributed by atoms with Crippen molar-refractivity contribution in [3.8, 4) is 17.0 Å². The van der Waals surface area contributed by atoms with Crippen LogP contribution in [0.15, 0.2) is 41.9 Å². The Labute approximate surface area is 193 Å². The van der Waals surface area contributed by atoms with E-state index < -0.39 is 6.36 Å². The Morgan fingerprint density at radius 3 is 2.55 bits per heavy atom. The monoisotopic (exact) mass is 476 g/mol. The smallest absolute Gasteiger partial charge is 0.405 e. The summed E-state index contributed by atoms with van der Waals surface area (Å²) in [6, 6.07) is 7.85. The molecule has 1 fully saturated rings. The van der Waals surface area contributed by atoms with Gasteiger partial charge >= 0.3 is 6.36 Å². The molecule has 174 valence electrons. The zero-order valence-electron chi connectivity index (χ0n) is 18.2. The first-order valence-electron chi connectivity index (χ1n) is 10.4. The number of hydrogen-bond acceptors (Lipinski definition) is 7. The van der Waals surface area contributed by atoms with Gasteiger partial charge < -0.3 is 14.5 Å². The second-order valence-corrected chi connectivity index (χ2v) is 8.87. The molecule has 0 saturated carbocycles. The number of alkyl halides is 3. The van der Waals surface area contributed by atoms with Crippen LogP contribution in [0.4, 0.5) is 19.0 Å². The van der Waals surface area contributed by atoms with Crippen molar-refractivity contribution in [2.75, 3.05) is 38.1 Å². The number of piperazine rings is 1. The van der Waals surface area contributed by atoms with Gasteiger partial charge in [-0.05, 0) is 44.3 Å². The van der Waals surface area contributed by atoms with Gasteiger partial charge in [0, 0.05) is 60.9 Å². The molecule has 6 nitrogen and oxygen atoms in total. The van der Waals surface area contributed by atoms with Crippen molar-refractivity contribution in [3.05, 3.63) is 58.0 Å². The third-order valence-corrected chi connectivity index (χ3v) is 6.31. The molecule has 3 aromatic rings. The predicted octanol–water partition coefficient (Wildman–Crippen LogP) is 4.65. The molecular formula is C23H23F3N4O2S. The summed E-state index contributed by atoms with van der Waals surface area (Å²) in [6.07, 6.45) is -2.94. The third-order valence-electron chi connectivity index (χ3n) is 5.46. The average Bonchev–Trinajstić information content (AvgIpc) is 3.23. The van der Waals surface area contributed by atoms with Crippen LogP contribution in [0.1, 0.15) is 27.9 Å². The summed E-state index contributed by atoms with van der Waals surface area (Å²) in [7, 11) is 2.10. The Kier molecular flexibility index (Phi) is 6.66. The summed E-state index contributed by atoms with van der Waals surface area (Å²) in [6.45, 7) is 5.19. The molecule has 1 aliphatic heterocycles. The van der Waals surface area contributed by atoms with Gasteiger partial charge in [0.1, 0.15) is 11.6 Å². The van der Waals surface area contributed by atoms with Crippen molar-refractivity contribution in [1.82, 2.24) is 14.9 Å². The lowest BCUT2D eigenvalue weighted by Gasteiger charge is -2.33. The van der Waals surface area contributed by atoms with Crippen molar-refractivity contribution in [3.63, 3.8) is 0 Å². The second kappa shape index (κ2) is 9.48. The molecule has 3 heterocycles. The number of ether oxygens (including phenoxy) is 1. The van der Waals surface area contributed by atoms with Gasteiger partial charge in [0.2, 0.25) is 0 Å². The molecule has 0 amide bonds.